The molecule has 2 aromatic carbocycles. The monoisotopic (exact) mass is 469 g/mol. The van der Waals surface area contributed by atoms with Gasteiger partial charge in [0.15, 0.2) is 0 Å². The van der Waals surface area contributed by atoms with E-state index in [4.69, 9.17) is 4.42 Å². The number of carboxylic acid groups (broad SMARTS) is 1. The molecule has 0 saturated carbocycles. The minimum absolute atomic E-state index is 0.0452. The maximum absolute atomic E-state index is 12.8. The van der Waals surface area contributed by atoms with Crippen LogP contribution >= 0.6 is 0 Å². The van der Waals surface area contributed by atoms with E-state index in [0.717, 1.165) is 28.4 Å². The number of nitrogens with one attached hydrogen (secondary N) is 1. The molecular weight excluding hydrogens is 442 g/mol. The molecule has 0 saturated heterocycles. The zero-order chi connectivity index (χ0) is 23.9. The van der Waals surface area contributed by atoms with Crippen LogP contribution in [0.4, 0.5) is 0 Å². The number of furan rings is 1. The van der Waals surface area contributed by atoms with Crippen LogP contribution in [0.3, 0.4) is 0 Å². The van der Waals surface area contributed by atoms with Crippen molar-refractivity contribution in [1.29, 1.82) is 0 Å². The molecule has 0 unspecified atom stereocenters. The van der Waals surface area contributed by atoms with Gasteiger partial charge in [0.25, 0.3) is 0 Å². The fourth-order valence-electron chi connectivity index (χ4n) is 3.80. The Balaban J connectivity index is 1.70. The molecule has 1 atom stereocenters. The molecular formula is C24H27N3O5S. The SMILES string of the molecule is CC(C)Cn1cc(-c2ccc3oc4cc(S(=O)(=O)N[C@H](C(=O)O)C(C)C)ccc4c3c2)cn1. The van der Waals surface area contributed by atoms with Gasteiger partial charge < -0.3 is 9.52 Å². The maximum Gasteiger partial charge on any atom is 0.322 e. The standard InChI is InChI=1S/C24H27N3O5S/c1-14(2)12-27-13-17(11-25-27)16-5-8-21-20(9-16)19-7-6-18(10-22(19)32-21)33(30,31)26-23(15(3)4)24(28)29/h5-11,13-15,23,26H,12H2,1-4H3,(H,28,29)/t23-/m0/s1. The van der Waals surface area contributed by atoms with Crippen molar-refractivity contribution in [3.63, 3.8) is 0 Å². The summed E-state index contributed by atoms with van der Waals surface area (Å²) in [6.07, 6.45) is 3.84. The molecule has 0 fully saturated rings. The molecule has 0 bridgehead atoms. The molecule has 0 aliphatic carbocycles. The van der Waals surface area contributed by atoms with Gasteiger partial charge in [-0.25, -0.2) is 8.42 Å². The van der Waals surface area contributed by atoms with E-state index in [-0.39, 0.29) is 4.90 Å². The van der Waals surface area contributed by atoms with Crippen LogP contribution in [0.1, 0.15) is 27.7 Å². The number of sulfonamides is 1. The molecule has 2 heterocycles. The van der Waals surface area contributed by atoms with Crippen LogP contribution in [0, 0.1) is 11.8 Å². The van der Waals surface area contributed by atoms with Crippen LogP contribution in [-0.2, 0) is 21.4 Å². The van der Waals surface area contributed by atoms with E-state index >= 15 is 0 Å². The van der Waals surface area contributed by atoms with Crippen molar-refractivity contribution in [3.8, 4) is 11.1 Å². The van der Waals surface area contributed by atoms with Gasteiger partial charge in [-0.05, 0) is 41.7 Å². The van der Waals surface area contributed by atoms with E-state index in [1.54, 1.807) is 19.9 Å². The average Bonchev–Trinajstić information content (AvgIpc) is 3.34. The van der Waals surface area contributed by atoms with Gasteiger partial charge in [0, 0.05) is 35.1 Å². The second-order valence-corrected chi connectivity index (χ2v) is 10.7. The number of carboxylic acids is 1. The number of aromatic nitrogens is 2. The Bertz CT molecular complexity index is 1430. The molecule has 2 aromatic heterocycles. The molecule has 0 aliphatic rings. The van der Waals surface area contributed by atoms with Crippen molar-refractivity contribution in [2.75, 3.05) is 0 Å². The minimum atomic E-state index is -4.04. The summed E-state index contributed by atoms with van der Waals surface area (Å²) in [6, 6.07) is 9.16. The van der Waals surface area contributed by atoms with E-state index < -0.39 is 28.0 Å². The van der Waals surface area contributed by atoms with Crippen molar-refractivity contribution in [2.45, 2.75) is 45.2 Å². The fraction of sp³-hybridized carbons (Fsp3) is 0.333. The Morgan fingerprint density at radius 2 is 1.82 bits per heavy atom. The third kappa shape index (κ3) is 4.65. The number of benzene rings is 2. The van der Waals surface area contributed by atoms with Gasteiger partial charge in [0.05, 0.1) is 11.1 Å². The predicted molar refractivity (Wildman–Crippen MR) is 126 cm³/mol. The highest BCUT2D eigenvalue weighted by Crippen LogP contribution is 2.33. The molecule has 8 nitrogen and oxygen atoms in total. The number of fused-ring (bicyclic) bond motifs is 3. The molecule has 2 N–H and O–H groups in total. The van der Waals surface area contributed by atoms with Gasteiger partial charge in [-0.15, -0.1) is 0 Å². The quantitative estimate of drug-likeness (QED) is 0.393. The second kappa shape index (κ2) is 8.64. The Kier molecular flexibility index (Phi) is 6.02. The molecule has 4 aromatic rings. The van der Waals surface area contributed by atoms with Crippen molar-refractivity contribution < 1.29 is 22.7 Å². The largest absolute Gasteiger partial charge is 0.480 e. The molecule has 0 radical (unpaired) electrons. The summed E-state index contributed by atoms with van der Waals surface area (Å²) in [5, 5.41) is 15.4. The lowest BCUT2D eigenvalue weighted by Crippen LogP contribution is -2.44. The topological polar surface area (TPSA) is 114 Å². The fourth-order valence-corrected chi connectivity index (χ4v) is 5.15. The minimum Gasteiger partial charge on any atom is -0.480 e. The van der Waals surface area contributed by atoms with E-state index in [1.807, 2.05) is 35.3 Å². The zero-order valence-corrected chi connectivity index (χ0v) is 19.8. The predicted octanol–water partition coefficient (Wildman–Crippen LogP) is 4.49. The molecule has 33 heavy (non-hydrogen) atoms. The summed E-state index contributed by atoms with van der Waals surface area (Å²) < 4.78 is 35.7. The van der Waals surface area contributed by atoms with Gasteiger partial charge in [0.1, 0.15) is 17.2 Å². The molecule has 0 aliphatic heterocycles. The van der Waals surface area contributed by atoms with E-state index in [1.165, 1.54) is 12.1 Å². The third-order valence-electron chi connectivity index (χ3n) is 5.49. The van der Waals surface area contributed by atoms with Crippen LogP contribution < -0.4 is 4.72 Å². The van der Waals surface area contributed by atoms with Crippen molar-refractivity contribution in [1.82, 2.24) is 14.5 Å². The number of carbonyl (C=O) groups is 1. The van der Waals surface area contributed by atoms with Crippen LogP contribution in [0.5, 0.6) is 0 Å². The molecule has 0 amide bonds. The van der Waals surface area contributed by atoms with Crippen molar-refractivity contribution >= 4 is 37.9 Å². The van der Waals surface area contributed by atoms with Crippen LogP contribution in [0.2, 0.25) is 0 Å². The highest BCUT2D eigenvalue weighted by atomic mass is 32.2. The Morgan fingerprint density at radius 3 is 2.48 bits per heavy atom. The first-order valence-electron chi connectivity index (χ1n) is 10.8. The van der Waals surface area contributed by atoms with Gasteiger partial charge in [-0.1, -0.05) is 33.8 Å². The zero-order valence-electron chi connectivity index (χ0n) is 18.9. The lowest BCUT2D eigenvalue weighted by atomic mass is 10.1. The summed E-state index contributed by atoms with van der Waals surface area (Å²) in [6.45, 7) is 8.41. The van der Waals surface area contributed by atoms with Crippen molar-refractivity contribution in [3.05, 3.63) is 48.8 Å². The second-order valence-electron chi connectivity index (χ2n) is 9.00. The number of hydrogen-bond acceptors (Lipinski definition) is 5. The Labute approximate surface area is 192 Å². The lowest BCUT2D eigenvalue weighted by molar-refractivity contribution is -0.140. The third-order valence-corrected chi connectivity index (χ3v) is 6.93. The lowest BCUT2D eigenvalue weighted by Gasteiger charge is -2.17. The first-order valence-corrected chi connectivity index (χ1v) is 12.3. The number of aliphatic carboxylic acids is 1. The normalized spacial score (nSPS) is 13.4. The van der Waals surface area contributed by atoms with Gasteiger partial charge in [0.2, 0.25) is 10.0 Å². The summed E-state index contributed by atoms with van der Waals surface area (Å²) in [7, 11) is -4.04. The van der Waals surface area contributed by atoms with Crippen LogP contribution in [0.15, 0.2) is 58.1 Å². The highest BCUT2D eigenvalue weighted by Gasteiger charge is 2.28. The summed E-state index contributed by atoms with van der Waals surface area (Å²) in [5.74, 6) is -1.14. The van der Waals surface area contributed by atoms with Crippen LogP contribution in [-0.4, -0.2) is 35.3 Å². The van der Waals surface area contributed by atoms with E-state index in [2.05, 4.69) is 23.7 Å². The number of hydrogen-bond donors (Lipinski definition) is 2. The van der Waals surface area contributed by atoms with Crippen LogP contribution in [0.25, 0.3) is 33.1 Å². The van der Waals surface area contributed by atoms with E-state index in [9.17, 15) is 18.3 Å². The average molecular weight is 470 g/mol. The summed E-state index contributed by atoms with van der Waals surface area (Å²) >= 11 is 0. The first-order chi connectivity index (χ1) is 15.5. The maximum atomic E-state index is 12.8. The first kappa shape index (κ1) is 23.0. The number of rotatable bonds is 8. The Hall–Kier alpha value is -3.17. The number of nitrogens with zero attached hydrogens (tertiary/aromatic N) is 2. The Morgan fingerprint density at radius 1 is 1.06 bits per heavy atom. The smallest absolute Gasteiger partial charge is 0.322 e. The van der Waals surface area contributed by atoms with Crippen molar-refractivity contribution in [2.24, 2.45) is 11.8 Å². The highest BCUT2D eigenvalue weighted by molar-refractivity contribution is 7.89. The summed E-state index contributed by atoms with van der Waals surface area (Å²) in [4.78, 5) is 11.4. The molecule has 9 heteroatoms. The van der Waals surface area contributed by atoms with Gasteiger partial charge in [-0.3, -0.25) is 9.48 Å². The summed E-state index contributed by atoms with van der Waals surface area (Å²) in [5.41, 5.74) is 3.02. The van der Waals surface area contributed by atoms with E-state index in [0.29, 0.717) is 17.1 Å². The van der Waals surface area contributed by atoms with Gasteiger partial charge in [-0.2, -0.15) is 9.82 Å². The molecule has 0 spiro atoms. The molecule has 4 rings (SSSR count). The van der Waals surface area contributed by atoms with Gasteiger partial charge >= 0.3 is 5.97 Å². The molecule has 174 valence electrons.